The largest absolute Gasteiger partial charge is 0.273 e. The molecule has 0 unspecified atom stereocenters. The van der Waals surface area contributed by atoms with Crippen molar-refractivity contribution in [2.24, 2.45) is 10.9 Å². The molecule has 0 saturated heterocycles. The number of aliphatic imine (C=N–C) groups is 1. The van der Waals surface area contributed by atoms with E-state index in [-0.39, 0.29) is 5.91 Å². The molecule has 13 heavy (non-hydrogen) atoms. The van der Waals surface area contributed by atoms with Crippen LogP contribution < -0.4 is 0 Å². The summed E-state index contributed by atoms with van der Waals surface area (Å²) in [6.07, 6.45) is 11.0. The summed E-state index contributed by atoms with van der Waals surface area (Å²) in [6, 6.07) is 0. The fraction of sp³-hybridized carbons (Fsp3) is 0.818. The summed E-state index contributed by atoms with van der Waals surface area (Å²) in [5, 5.41) is 0. The van der Waals surface area contributed by atoms with Gasteiger partial charge in [0.15, 0.2) is 0 Å². The van der Waals surface area contributed by atoms with Crippen LogP contribution in [0.5, 0.6) is 0 Å². The fourth-order valence-electron chi connectivity index (χ4n) is 1.85. The molecule has 0 radical (unpaired) electrons. The number of nitrogens with zero attached hydrogens (tertiary/aromatic N) is 1. The van der Waals surface area contributed by atoms with Gasteiger partial charge in [0.25, 0.3) is 0 Å². The standard InChI is InChI=1S/C11H19NO/c1-10(13)12-9-11-7-5-3-2-4-6-8-11/h9,11H,2-8H2,1H3. The number of rotatable bonds is 1. The molecule has 1 aliphatic rings. The van der Waals surface area contributed by atoms with Crippen molar-refractivity contribution in [2.45, 2.75) is 51.9 Å². The second kappa shape index (κ2) is 5.90. The average Bonchev–Trinajstić information content (AvgIpc) is 2.01. The van der Waals surface area contributed by atoms with Crippen LogP contribution >= 0.6 is 0 Å². The minimum absolute atomic E-state index is 0.0675. The lowest BCUT2D eigenvalue weighted by Crippen LogP contribution is -2.05. The molecule has 74 valence electrons. The van der Waals surface area contributed by atoms with E-state index in [1.807, 2.05) is 6.21 Å². The third kappa shape index (κ3) is 4.81. The molecule has 0 aromatic rings. The molecule has 0 heterocycles. The van der Waals surface area contributed by atoms with Crippen molar-refractivity contribution in [3.8, 4) is 0 Å². The maximum absolute atomic E-state index is 10.6. The van der Waals surface area contributed by atoms with Crippen LogP contribution in [0.1, 0.15) is 51.9 Å². The summed E-state index contributed by atoms with van der Waals surface area (Å²) >= 11 is 0. The molecule has 1 amide bonds. The number of hydrogen-bond acceptors (Lipinski definition) is 1. The van der Waals surface area contributed by atoms with Gasteiger partial charge in [-0.3, -0.25) is 4.79 Å². The van der Waals surface area contributed by atoms with Crippen molar-refractivity contribution in [1.29, 1.82) is 0 Å². The maximum Gasteiger partial charge on any atom is 0.242 e. The van der Waals surface area contributed by atoms with Gasteiger partial charge >= 0.3 is 0 Å². The summed E-state index contributed by atoms with van der Waals surface area (Å²) in [4.78, 5) is 14.5. The zero-order valence-electron chi connectivity index (χ0n) is 8.46. The Morgan fingerprint density at radius 1 is 1.15 bits per heavy atom. The first kappa shape index (κ1) is 10.4. The van der Waals surface area contributed by atoms with Gasteiger partial charge in [0.2, 0.25) is 5.91 Å². The van der Waals surface area contributed by atoms with Gasteiger partial charge < -0.3 is 0 Å². The summed E-state index contributed by atoms with van der Waals surface area (Å²) < 4.78 is 0. The van der Waals surface area contributed by atoms with Gasteiger partial charge in [-0.2, -0.15) is 0 Å². The van der Waals surface area contributed by atoms with Crippen LogP contribution in [0.2, 0.25) is 0 Å². The first-order valence-electron chi connectivity index (χ1n) is 5.34. The second-order valence-electron chi connectivity index (χ2n) is 3.90. The third-order valence-corrected chi connectivity index (χ3v) is 2.62. The number of hydrogen-bond donors (Lipinski definition) is 0. The molecular formula is C11H19NO. The van der Waals surface area contributed by atoms with E-state index in [4.69, 9.17) is 0 Å². The lowest BCUT2D eigenvalue weighted by molar-refractivity contribution is -0.115. The van der Waals surface area contributed by atoms with Gasteiger partial charge in [0.1, 0.15) is 0 Å². The minimum Gasteiger partial charge on any atom is -0.273 e. The molecule has 1 aliphatic carbocycles. The number of carbonyl (C=O) groups excluding carboxylic acids is 1. The zero-order valence-corrected chi connectivity index (χ0v) is 8.46. The SMILES string of the molecule is CC(=O)N=CC1CCCCCCC1. The molecular weight excluding hydrogens is 162 g/mol. The van der Waals surface area contributed by atoms with Gasteiger partial charge in [-0.25, -0.2) is 4.99 Å². The maximum atomic E-state index is 10.6. The minimum atomic E-state index is -0.0675. The van der Waals surface area contributed by atoms with E-state index in [1.54, 1.807) is 0 Å². The van der Waals surface area contributed by atoms with E-state index in [2.05, 4.69) is 4.99 Å². The summed E-state index contributed by atoms with van der Waals surface area (Å²) in [5.74, 6) is 0.492. The van der Waals surface area contributed by atoms with Crippen LogP contribution in [0.25, 0.3) is 0 Å². The zero-order chi connectivity index (χ0) is 9.52. The predicted molar refractivity (Wildman–Crippen MR) is 55.0 cm³/mol. The Morgan fingerprint density at radius 2 is 1.69 bits per heavy atom. The molecule has 0 N–H and O–H groups in total. The van der Waals surface area contributed by atoms with E-state index in [9.17, 15) is 4.79 Å². The third-order valence-electron chi connectivity index (χ3n) is 2.62. The van der Waals surface area contributed by atoms with Gasteiger partial charge in [-0.1, -0.05) is 32.1 Å². The van der Waals surface area contributed by atoms with Crippen molar-refractivity contribution in [2.75, 3.05) is 0 Å². The summed E-state index contributed by atoms with van der Waals surface area (Å²) in [5.41, 5.74) is 0. The fourth-order valence-corrected chi connectivity index (χ4v) is 1.85. The van der Waals surface area contributed by atoms with E-state index in [1.165, 1.54) is 51.9 Å². The Labute approximate surface area is 80.4 Å². The quantitative estimate of drug-likeness (QED) is 0.572. The van der Waals surface area contributed by atoms with Crippen LogP contribution in [0.3, 0.4) is 0 Å². The molecule has 2 nitrogen and oxygen atoms in total. The first-order chi connectivity index (χ1) is 6.29. The van der Waals surface area contributed by atoms with E-state index in [0.29, 0.717) is 5.92 Å². The number of amides is 1. The van der Waals surface area contributed by atoms with Crippen molar-refractivity contribution >= 4 is 12.1 Å². The Hall–Kier alpha value is -0.660. The van der Waals surface area contributed by atoms with Gasteiger partial charge in [-0.05, 0) is 18.8 Å². The normalized spacial score (nSPS) is 21.3. The number of carbonyl (C=O) groups is 1. The van der Waals surface area contributed by atoms with Crippen LogP contribution in [0, 0.1) is 5.92 Å². The topological polar surface area (TPSA) is 29.4 Å². The van der Waals surface area contributed by atoms with Gasteiger partial charge in [-0.15, -0.1) is 0 Å². The Bertz CT molecular complexity index is 179. The van der Waals surface area contributed by atoms with Crippen molar-refractivity contribution in [1.82, 2.24) is 0 Å². The van der Waals surface area contributed by atoms with Gasteiger partial charge in [0, 0.05) is 13.1 Å². The van der Waals surface area contributed by atoms with Crippen molar-refractivity contribution in [3.63, 3.8) is 0 Å². The molecule has 0 bridgehead atoms. The Balaban J connectivity index is 2.33. The van der Waals surface area contributed by atoms with Crippen LogP contribution in [-0.4, -0.2) is 12.1 Å². The highest BCUT2D eigenvalue weighted by Gasteiger charge is 2.08. The highest BCUT2D eigenvalue weighted by molar-refractivity contribution is 5.83. The van der Waals surface area contributed by atoms with Crippen LogP contribution in [0.4, 0.5) is 0 Å². The van der Waals surface area contributed by atoms with Crippen LogP contribution in [-0.2, 0) is 4.79 Å². The van der Waals surface area contributed by atoms with E-state index < -0.39 is 0 Å². The molecule has 1 rings (SSSR count). The monoisotopic (exact) mass is 181 g/mol. The predicted octanol–water partition coefficient (Wildman–Crippen LogP) is 2.96. The molecule has 0 aromatic heterocycles. The highest BCUT2D eigenvalue weighted by Crippen LogP contribution is 2.20. The summed E-state index contributed by atoms with van der Waals surface area (Å²) in [7, 11) is 0. The van der Waals surface area contributed by atoms with Crippen LogP contribution in [0.15, 0.2) is 4.99 Å². The van der Waals surface area contributed by atoms with E-state index >= 15 is 0 Å². The molecule has 0 spiro atoms. The smallest absolute Gasteiger partial charge is 0.242 e. The lowest BCUT2D eigenvalue weighted by Gasteiger charge is -2.14. The summed E-state index contributed by atoms with van der Waals surface area (Å²) in [6.45, 7) is 1.51. The molecule has 0 atom stereocenters. The van der Waals surface area contributed by atoms with Crippen molar-refractivity contribution in [3.05, 3.63) is 0 Å². The molecule has 2 heteroatoms. The first-order valence-corrected chi connectivity index (χ1v) is 5.34. The van der Waals surface area contributed by atoms with Crippen molar-refractivity contribution < 1.29 is 4.79 Å². The molecule has 0 aliphatic heterocycles. The van der Waals surface area contributed by atoms with E-state index in [0.717, 1.165) is 0 Å². The molecule has 0 aromatic carbocycles. The highest BCUT2D eigenvalue weighted by atomic mass is 16.1. The Kier molecular flexibility index (Phi) is 4.73. The lowest BCUT2D eigenvalue weighted by atomic mass is 9.92. The molecule has 1 fully saturated rings. The Morgan fingerprint density at radius 3 is 2.23 bits per heavy atom. The van der Waals surface area contributed by atoms with Gasteiger partial charge in [0.05, 0.1) is 0 Å². The second-order valence-corrected chi connectivity index (χ2v) is 3.90. The molecule has 1 saturated carbocycles. The average molecular weight is 181 g/mol.